The van der Waals surface area contributed by atoms with Crippen LogP contribution in [0, 0.1) is 23.3 Å². The first-order valence-electron chi connectivity index (χ1n) is 6.01. The van der Waals surface area contributed by atoms with Crippen molar-refractivity contribution in [1.29, 1.82) is 0 Å². The highest BCUT2D eigenvalue weighted by molar-refractivity contribution is 5.33. The Morgan fingerprint density at radius 1 is 1.00 bits per heavy atom. The van der Waals surface area contributed by atoms with Crippen molar-refractivity contribution in [2.24, 2.45) is 0 Å². The molecule has 106 valence electrons. The van der Waals surface area contributed by atoms with Crippen molar-refractivity contribution in [2.45, 2.75) is 13.0 Å². The van der Waals surface area contributed by atoms with Gasteiger partial charge >= 0.3 is 0 Å². The van der Waals surface area contributed by atoms with Crippen LogP contribution in [0.15, 0.2) is 30.6 Å². The average molecular weight is 284 g/mol. The first-order chi connectivity index (χ1) is 9.52. The van der Waals surface area contributed by atoms with Crippen molar-refractivity contribution in [1.82, 2.24) is 10.3 Å². The summed E-state index contributed by atoms with van der Waals surface area (Å²) >= 11 is 0. The molecule has 0 aliphatic heterocycles. The summed E-state index contributed by atoms with van der Waals surface area (Å²) in [6.07, 6.45) is 2.29. The van der Waals surface area contributed by atoms with E-state index in [2.05, 4.69) is 10.3 Å². The van der Waals surface area contributed by atoms with Crippen LogP contribution in [0.3, 0.4) is 0 Å². The minimum absolute atomic E-state index is 0.260. The molecule has 1 unspecified atom stereocenters. The number of pyridine rings is 1. The SMILES string of the molecule is CCNC(c1cncc(F)c1)c1c(F)cc(F)cc1F. The van der Waals surface area contributed by atoms with Crippen molar-refractivity contribution < 1.29 is 17.6 Å². The fourth-order valence-electron chi connectivity index (χ4n) is 2.01. The van der Waals surface area contributed by atoms with Crippen molar-refractivity contribution in [3.63, 3.8) is 0 Å². The van der Waals surface area contributed by atoms with E-state index in [-0.39, 0.29) is 11.1 Å². The minimum Gasteiger partial charge on any atom is -0.306 e. The Kier molecular flexibility index (Phi) is 4.34. The monoisotopic (exact) mass is 284 g/mol. The molecule has 0 amide bonds. The molecule has 0 saturated carbocycles. The molecule has 1 aromatic carbocycles. The Hall–Kier alpha value is -1.95. The van der Waals surface area contributed by atoms with Crippen LogP contribution in [0.25, 0.3) is 0 Å². The molecule has 2 rings (SSSR count). The maximum atomic E-state index is 13.8. The molecular formula is C14H12F4N2. The van der Waals surface area contributed by atoms with Crippen LogP contribution in [-0.4, -0.2) is 11.5 Å². The third-order valence-electron chi connectivity index (χ3n) is 2.80. The summed E-state index contributed by atoms with van der Waals surface area (Å²) in [6.45, 7) is 2.12. The summed E-state index contributed by atoms with van der Waals surface area (Å²) in [6, 6.07) is 1.37. The average Bonchev–Trinajstić information content (AvgIpc) is 2.36. The maximum absolute atomic E-state index is 13.8. The highest BCUT2D eigenvalue weighted by Gasteiger charge is 2.23. The van der Waals surface area contributed by atoms with E-state index in [9.17, 15) is 17.6 Å². The molecule has 6 heteroatoms. The minimum atomic E-state index is -1.03. The molecule has 1 N–H and O–H groups in total. The van der Waals surface area contributed by atoms with Crippen LogP contribution in [0.5, 0.6) is 0 Å². The standard InChI is InChI=1S/C14H12F4N2/c1-2-20-14(8-3-10(16)7-19-6-8)13-11(17)4-9(15)5-12(13)18/h3-7,14,20H,2H2,1H3. The Morgan fingerprint density at radius 2 is 1.65 bits per heavy atom. The molecule has 1 heterocycles. The van der Waals surface area contributed by atoms with Gasteiger partial charge < -0.3 is 5.32 Å². The zero-order valence-corrected chi connectivity index (χ0v) is 10.6. The highest BCUT2D eigenvalue weighted by atomic mass is 19.1. The van der Waals surface area contributed by atoms with Crippen molar-refractivity contribution in [3.8, 4) is 0 Å². The normalized spacial score (nSPS) is 12.4. The number of hydrogen-bond donors (Lipinski definition) is 1. The summed E-state index contributed by atoms with van der Waals surface area (Å²) < 4.78 is 53.8. The molecule has 1 atom stereocenters. The predicted octanol–water partition coefficient (Wildman–Crippen LogP) is 3.34. The number of aromatic nitrogens is 1. The van der Waals surface area contributed by atoms with Crippen molar-refractivity contribution in [2.75, 3.05) is 6.54 Å². The third-order valence-corrected chi connectivity index (χ3v) is 2.80. The second kappa shape index (κ2) is 6.00. The van der Waals surface area contributed by atoms with E-state index in [0.29, 0.717) is 18.7 Å². The molecular weight excluding hydrogens is 272 g/mol. The summed E-state index contributed by atoms with van der Waals surface area (Å²) in [5, 5.41) is 2.83. The van der Waals surface area contributed by atoms with E-state index in [0.717, 1.165) is 12.3 Å². The van der Waals surface area contributed by atoms with Crippen molar-refractivity contribution in [3.05, 3.63) is 65.0 Å². The van der Waals surface area contributed by atoms with Crippen LogP contribution in [0.4, 0.5) is 17.6 Å². The zero-order chi connectivity index (χ0) is 14.7. The molecule has 0 bridgehead atoms. The van der Waals surface area contributed by atoms with Gasteiger partial charge in [-0.25, -0.2) is 17.6 Å². The van der Waals surface area contributed by atoms with Crippen LogP contribution < -0.4 is 5.32 Å². The Morgan fingerprint density at radius 3 is 2.20 bits per heavy atom. The molecule has 0 fully saturated rings. The summed E-state index contributed by atoms with van der Waals surface area (Å²) in [5.74, 6) is -3.68. The van der Waals surface area contributed by atoms with Gasteiger partial charge in [0.25, 0.3) is 0 Å². The van der Waals surface area contributed by atoms with Gasteiger partial charge in [-0.05, 0) is 18.2 Å². The van der Waals surface area contributed by atoms with Crippen LogP contribution in [0.1, 0.15) is 24.1 Å². The second-order valence-electron chi connectivity index (χ2n) is 4.21. The fraction of sp³-hybridized carbons (Fsp3) is 0.214. The molecule has 20 heavy (non-hydrogen) atoms. The number of nitrogens with zero attached hydrogens (tertiary/aromatic N) is 1. The molecule has 1 aromatic heterocycles. The van der Waals surface area contributed by atoms with Gasteiger partial charge in [0.05, 0.1) is 12.2 Å². The number of halogens is 4. The lowest BCUT2D eigenvalue weighted by atomic mass is 9.98. The Labute approximate surface area is 113 Å². The Balaban J connectivity index is 2.54. The lowest BCUT2D eigenvalue weighted by Crippen LogP contribution is -2.24. The number of nitrogens with one attached hydrogen (secondary N) is 1. The number of rotatable bonds is 4. The summed E-state index contributed by atoms with van der Waals surface area (Å²) in [7, 11) is 0. The number of benzene rings is 1. The van der Waals surface area contributed by atoms with Crippen LogP contribution >= 0.6 is 0 Å². The van der Waals surface area contributed by atoms with E-state index in [1.807, 2.05) is 0 Å². The van der Waals surface area contributed by atoms with Gasteiger partial charge in [0.2, 0.25) is 0 Å². The Bertz CT molecular complexity index is 593. The van der Waals surface area contributed by atoms with E-state index in [1.165, 1.54) is 6.20 Å². The first-order valence-corrected chi connectivity index (χ1v) is 6.01. The van der Waals surface area contributed by atoms with Gasteiger partial charge in [-0.15, -0.1) is 0 Å². The lowest BCUT2D eigenvalue weighted by molar-refractivity contribution is 0.490. The molecule has 0 radical (unpaired) electrons. The van der Waals surface area contributed by atoms with Crippen molar-refractivity contribution >= 4 is 0 Å². The second-order valence-corrected chi connectivity index (χ2v) is 4.21. The van der Waals surface area contributed by atoms with E-state index in [4.69, 9.17) is 0 Å². The highest BCUT2D eigenvalue weighted by Crippen LogP contribution is 2.27. The smallest absolute Gasteiger partial charge is 0.141 e. The topological polar surface area (TPSA) is 24.9 Å². The molecule has 0 saturated heterocycles. The predicted molar refractivity (Wildman–Crippen MR) is 66.0 cm³/mol. The maximum Gasteiger partial charge on any atom is 0.141 e. The van der Waals surface area contributed by atoms with Gasteiger partial charge in [-0.2, -0.15) is 0 Å². The molecule has 2 nitrogen and oxygen atoms in total. The van der Waals surface area contributed by atoms with E-state index >= 15 is 0 Å². The summed E-state index contributed by atoms with van der Waals surface area (Å²) in [5.41, 5.74) is -0.100. The van der Waals surface area contributed by atoms with E-state index < -0.39 is 29.3 Å². The third kappa shape index (κ3) is 2.96. The van der Waals surface area contributed by atoms with Gasteiger partial charge in [0.1, 0.15) is 23.3 Å². The van der Waals surface area contributed by atoms with E-state index in [1.54, 1.807) is 6.92 Å². The van der Waals surface area contributed by atoms with Gasteiger partial charge in [0, 0.05) is 23.9 Å². The summed E-state index contributed by atoms with van der Waals surface area (Å²) in [4.78, 5) is 3.66. The van der Waals surface area contributed by atoms with Crippen LogP contribution in [-0.2, 0) is 0 Å². The lowest BCUT2D eigenvalue weighted by Gasteiger charge is -2.20. The fourth-order valence-corrected chi connectivity index (χ4v) is 2.01. The number of hydrogen-bond acceptors (Lipinski definition) is 2. The largest absolute Gasteiger partial charge is 0.306 e. The first kappa shape index (κ1) is 14.5. The molecule has 0 aliphatic rings. The van der Waals surface area contributed by atoms with Gasteiger partial charge in [-0.3, -0.25) is 4.98 Å². The van der Waals surface area contributed by atoms with Crippen LogP contribution in [0.2, 0.25) is 0 Å². The molecule has 0 spiro atoms. The quantitative estimate of drug-likeness (QED) is 0.871. The van der Waals surface area contributed by atoms with Gasteiger partial charge in [0.15, 0.2) is 0 Å². The molecule has 0 aliphatic carbocycles. The van der Waals surface area contributed by atoms with Gasteiger partial charge in [-0.1, -0.05) is 6.92 Å². The molecule has 2 aromatic rings. The zero-order valence-electron chi connectivity index (χ0n) is 10.6.